The summed E-state index contributed by atoms with van der Waals surface area (Å²) in [5, 5.41) is 0. The smallest absolute Gasteiger partial charge is 0.0695 e. The maximum Gasteiger partial charge on any atom is 0.0695 e. The Balaban J connectivity index is 1.98. The molecule has 0 saturated carbocycles. The third-order valence-electron chi connectivity index (χ3n) is 6.85. The van der Waals surface area contributed by atoms with Crippen molar-refractivity contribution in [2.45, 2.75) is 5.41 Å². The highest BCUT2D eigenvalue weighted by molar-refractivity contribution is 6.22. The summed E-state index contributed by atoms with van der Waals surface area (Å²) in [4.78, 5) is 0. The van der Waals surface area contributed by atoms with E-state index in [0.29, 0.717) is 13.2 Å². The van der Waals surface area contributed by atoms with E-state index in [2.05, 4.69) is 121 Å². The van der Waals surface area contributed by atoms with Crippen LogP contribution in [0.25, 0.3) is 16.7 Å². The van der Waals surface area contributed by atoms with Gasteiger partial charge in [-0.2, -0.15) is 0 Å². The van der Waals surface area contributed by atoms with Crippen LogP contribution in [0.1, 0.15) is 22.3 Å². The van der Waals surface area contributed by atoms with Crippen LogP contribution >= 0.6 is 0 Å². The van der Waals surface area contributed by atoms with Crippen molar-refractivity contribution in [3.8, 4) is 0 Å². The van der Waals surface area contributed by atoms with E-state index in [1.165, 1.54) is 44.5 Å². The monoisotopic (exact) mass is 458 g/mol. The average molecular weight is 459 g/mol. The maximum atomic E-state index is 6.06. The highest BCUT2D eigenvalue weighted by atomic mass is 16.5. The zero-order valence-electron chi connectivity index (χ0n) is 20.3. The van der Waals surface area contributed by atoms with Crippen LogP contribution in [0.3, 0.4) is 0 Å². The van der Waals surface area contributed by atoms with Crippen LogP contribution in [-0.4, -0.2) is 27.4 Å². The predicted octanol–water partition coefficient (Wildman–Crippen LogP) is 7.30. The van der Waals surface area contributed by atoms with E-state index in [9.17, 15) is 0 Å². The minimum Gasteiger partial charge on any atom is -0.383 e. The van der Waals surface area contributed by atoms with Gasteiger partial charge in [-0.15, -0.1) is 0 Å². The van der Waals surface area contributed by atoms with Crippen molar-refractivity contribution in [2.75, 3.05) is 27.4 Å². The van der Waals surface area contributed by atoms with E-state index in [0.717, 1.165) is 0 Å². The van der Waals surface area contributed by atoms with Gasteiger partial charge in [-0.3, -0.25) is 0 Å². The minimum atomic E-state index is -0.510. The van der Waals surface area contributed by atoms with Crippen LogP contribution in [0.2, 0.25) is 0 Å². The summed E-state index contributed by atoms with van der Waals surface area (Å²) in [5.74, 6) is 0. The van der Waals surface area contributed by atoms with Crippen LogP contribution in [0.15, 0.2) is 127 Å². The fourth-order valence-electron chi connectivity index (χ4n) is 5.51. The standard InChI is InChI=1S/C33H30O2/c1-34-23-29-30(25-15-7-3-8-16-25)31(26-17-9-4-10-18-26)32(27-19-11-5-12-20-27)33(29,24-35-2)28-21-13-6-14-22-28/h3-22H,23-24H2,1-2H3. The molecule has 5 rings (SSSR count). The lowest BCUT2D eigenvalue weighted by atomic mass is 9.69. The number of benzene rings is 4. The fourth-order valence-corrected chi connectivity index (χ4v) is 5.51. The first kappa shape index (κ1) is 23.0. The van der Waals surface area contributed by atoms with Crippen molar-refractivity contribution in [1.82, 2.24) is 0 Å². The molecule has 0 aliphatic heterocycles. The predicted molar refractivity (Wildman–Crippen MR) is 145 cm³/mol. The molecule has 0 spiro atoms. The van der Waals surface area contributed by atoms with E-state index < -0.39 is 5.41 Å². The molecule has 1 aliphatic rings. The van der Waals surface area contributed by atoms with E-state index in [4.69, 9.17) is 9.47 Å². The van der Waals surface area contributed by atoms with Gasteiger partial charge < -0.3 is 9.47 Å². The Hall–Kier alpha value is -3.72. The molecule has 0 saturated heterocycles. The summed E-state index contributed by atoms with van der Waals surface area (Å²) >= 11 is 0. The van der Waals surface area contributed by atoms with Gasteiger partial charge in [0.05, 0.1) is 18.6 Å². The van der Waals surface area contributed by atoms with Crippen molar-refractivity contribution < 1.29 is 9.47 Å². The lowest BCUT2D eigenvalue weighted by Gasteiger charge is -2.36. The van der Waals surface area contributed by atoms with Gasteiger partial charge in [0.2, 0.25) is 0 Å². The van der Waals surface area contributed by atoms with Gasteiger partial charge in [-0.25, -0.2) is 0 Å². The van der Waals surface area contributed by atoms with Gasteiger partial charge in [-0.05, 0) is 44.5 Å². The molecule has 0 N–H and O–H groups in total. The molecule has 0 aromatic heterocycles. The van der Waals surface area contributed by atoms with Crippen LogP contribution < -0.4 is 0 Å². The van der Waals surface area contributed by atoms with Crippen molar-refractivity contribution in [2.24, 2.45) is 0 Å². The normalized spacial score (nSPS) is 17.8. The number of allylic oxidation sites excluding steroid dienone is 2. The summed E-state index contributed by atoms with van der Waals surface area (Å²) in [6.07, 6.45) is 0. The van der Waals surface area contributed by atoms with Gasteiger partial charge in [0.1, 0.15) is 0 Å². The first-order chi connectivity index (χ1) is 17.3. The first-order valence-electron chi connectivity index (χ1n) is 12.0. The molecule has 4 aromatic carbocycles. The summed E-state index contributed by atoms with van der Waals surface area (Å²) in [7, 11) is 3.57. The van der Waals surface area contributed by atoms with Gasteiger partial charge >= 0.3 is 0 Å². The lowest BCUT2D eigenvalue weighted by molar-refractivity contribution is 0.154. The zero-order chi connectivity index (χ0) is 24.1. The number of hydrogen-bond donors (Lipinski definition) is 0. The molecule has 0 fully saturated rings. The van der Waals surface area contributed by atoms with E-state index in [1.54, 1.807) is 14.2 Å². The quantitative estimate of drug-likeness (QED) is 0.276. The van der Waals surface area contributed by atoms with E-state index in [1.807, 2.05) is 0 Å². The molecule has 1 aliphatic carbocycles. The Kier molecular flexibility index (Phi) is 6.76. The minimum absolute atomic E-state index is 0.495. The molecule has 174 valence electrons. The van der Waals surface area contributed by atoms with E-state index >= 15 is 0 Å². The Morgan fingerprint density at radius 3 is 1.46 bits per heavy atom. The number of rotatable bonds is 8. The van der Waals surface area contributed by atoms with Crippen LogP contribution in [-0.2, 0) is 14.9 Å². The topological polar surface area (TPSA) is 18.5 Å². The van der Waals surface area contributed by atoms with Crippen LogP contribution in [0, 0.1) is 0 Å². The fraction of sp³-hybridized carbons (Fsp3) is 0.152. The molecule has 4 aromatic rings. The summed E-state index contributed by atoms with van der Waals surface area (Å²) < 4.78 is 12.0. The third-order valence-corrected chi connectivity index (χ3v) is 6.85. The largest absolute Gasteiger partial charge is 0.383 e. The molecule has 0 radical (unpaired) electrons. The zero-order valence-corrected chi connectivity index (χ0v) is 20.3. The second kappa shape index (κ2) is 10.3. The Labute approximate surface area is 208 Å². The second-order valence-corrected chi connectivity index (χ2v) is 8.84. The van der Waals surface area contributed by atoms with Crippen LogP contribution in [0.4, 0.5) is 0 Å². The Morgan fingerprint density at radius 1 is 0.514 bits per heavy atom. The molecule has 35 heavy (non-hydrogen) atoms. The van der Waals surface area contributed by atoms with Crippen molar-refractivity contribution >= 4 is 16.7 Å². The average Bonchev–Trinajstić information content (AvgIpc) is 3.22. The van der Waals surface area contributed by atoms with Crippen LogP contribution in [0.5, 0.6) is 0 Å². The SMILES string of the molecule is COCC1=C(c2ccccc2)C(c2ccccc2)=C(c2ccccc2)C1(COC)c1ccccc1. The highest BCUT2D eigenvalue weighted by Crippen LogP contribution is 2.59. The van der Waals surface area contributed by atoms with E-state index in [-0.39, 0.29) is 0 Å². The third kappa shape index (κ3) is 4.05. The molecular formula is C33H30O2. The molecule has 2 nitrogen and oxygen atoms in total. The number of hydrogen-bond acceptors (Lipinski definition) is 2. The second-order valence-electron chi connectivity index (χ2n) is 8.84. The summed E-state index contributed by atoms with van der Waals surface area (Å²) in [6, 6.07) is 42.9. The highest BCUT2D eigenvalue weighted by Gasteiger charge is 2.49. The van der Waals surface area contributed by atoms with Crippen molar-refractivity contribution in [3.05, 3.63) is 149 Å². The van der Waals surface area contributed by atoms with Crippen molar-refractivity contribution in [3.63, 3.8) is 0 Å². The molecule has 1 unspecified atom stereocenters. The lowest BCUT2D eigenvalue weighted by Crippen LogP contribution is -2.35. The molecule has 0 bridgehead atoms. The summed E-state index contributed by atoms with van der Waals surface area (Å²) in [6.45, 7) is 1.00. The van der Waals surface area contributed by atoms with Gasteiger partial charge in [0.15, 0.2) is 0 Å². The Bertz CT molecular complexity index is 1320. The molecule has 1 atom stereocenters. The first-order valence-corrected chi connectivity index (χ1v) is 12.0. The van der Waals surface area contributed by atoms with Gasteiger partial charge in [-0.1, -0.05) is 121 Å². The summed E-state index contributed by atoms with van der Waals surface area (Å²) in [5.41, 5.74) is 9.17. The maximum absolute atomic E-state index is 6.06. The van der Waals surface area contributed by atoms with Gasteiger partial charge in [0, 0.05) is 14.2 Å². The number of methoxy groups -OCH3 is 2. The molecule has 0 heterocycles. The molecule has 0 amide bonds. The van der Waals surface area contributed by atoms with Gasteiger partial charge in [0.25, 0.3) is 0 Å². The Morgan fingerprint density at radius 2 is 0.971 bits per heavy atom. The molecular weight excluding hydrogens is 428 g/mol. The number of ether oxygens (including phenoxy) is 2. The van der Waals surface area contributed by atoms with Crippen molar-refractivity contribution in [1.29, 1.82) is 0 Å². The molecule has 2 heteroatoms.